The molecule has 1 saturated heterocycles. The van der Waals surface area contributed by atoms with Gasteiger partial charge in [0.15, 0.2) is 5.82 Å². The molecular weight excluding hydrogens is 391 g/mol. The summed E-state index contributed by atoms with van der Waals surface area (Å²) in [4.78, 5) is 24.7. The number of carboxylic acid groups (broad SMARTS) is 1. The first-order valence-electron chi connectivity index (χ1n) is 9.58. The zero-order valence-corrected chi connectivity index (χ0v) is 16.5. The minimum atomic E-state index is -0.960. The van der Waals surface area contributed by atoms with Gasteiger partial charge in [0, 0.05) is 24.5 Å². The number of hydrogen-bond donors (Lipinski definition) is 3. The topological polar surface area (TPSA) is 137 Å². The number of carbonyl (C=O) groups is 2. The molecule has 0 radical (unpaired) electrons. The van der Waals surface area contributed by atoms with Crippen molar-refractivity contribution in [2.45, 2.75) is 38.3 Å². The van der Waals surface area contributed by atoms with Crippen LogP contribution in [0.5, 0.6) is 0 Å². The van der Waals surface area contributed by atoms with E-state index in [1.54, 1.807) is 4.68 Å². The van der Waals surface area contributed by atoms with E-state index < -0.39 is 17.8 Å². The van der Waals surface area contributed by atoms with Crippen molar-refractivity contribution in [3.8, 4) is 6.07 Å². The van der Waals surface area contributed by atoms with Gasteiger partial charge in [-0.25, -0.2) is 9.18 Å². The Morgan fingerprint density at radius 3 is 2.70 bits per heavy atom. The number of carbonyl (C=O) groups excluding carboxylic acids is 1. The second kappa shape index (κ2) is 8.82. The van der Waals surface area contributed by atoms with E-state index in [0.717, 1.165) is 0 Å². The molecule has 1 aromatic heterocycles. The van der Waals surface area contributed by atoms with Gasteiger partial charge in [0.05, 0.1) is 18.5 Å². The number of amides is 2. The standard InChI is InChI=1S/C20H23FN6O3/c1-12-10-13(7-9-26(12)20(29)30)17(6-8-22)27-11-16(18(23)28)19(25-27)24-15-4-2-14(21)3-5-15/h2-5,11-13,17H,6-7,9-10H2,1H3,(H2,23,28)(H,24,25)(H,29,30). The van der Waals surface area contributed by atoms with Gasteiger partial charge >= 0.3 is 6.09 Å². The van der Waals surface area contributed by atoms with Gasteiger partial charge in [-0.15, -0.1) is 0 Å². The van der Waals surface area contributed by atoms with Crippen LogP contribution in [0.15, 0.2) is 30.5 Å². The number of aromatic nitrogens is 2. The Morgan fingerprint density at radius 2 is 2.13 bits per heavy atom. The highest BCUT2D eigenvalue weighted by molar-refractivity contribution is 5.98. The van der Waals surface area contributed by atoms with Crippen LogP contribution < -0.4 is 11.1 Å². The van der Waals surface area contributed by atoms with Crippen LogP contribution in [0, 0.1) is 23.1 Å². The van der Waals surface area contributed by atoms with Gasteiger partial charge in [-0.05, 0) is 49.9 Å². The fraction of sp³-hybridized carbons (Fsp3) is 0.400. The second-order valence-corrected chi connectivity index (χ2v) is 7.41. The monoisotopic (exact) mass is 414 g/mol. The lowest BCUT2D eigenvalue weighted by atomic mass is 9.84. The van der Waals surface area contributed by atoms with Crippen LogP contribution in [0.4, 0.5) is 20.7 Å². The average Bonchev–Trinajstić information content (AvgIpc) is 3.11. The van der Waals surface area contributed by atoms with E-state index in [0.29, 0.717) is 25.1 Å². The van der Waals surface area contributed by atoms with Crippen LogP contribution in [-0.2, 0) is 0 Å². The minimum absolute atomic E-state index is 0.00884. The van der Waals surface area contributed by atoms with Crippen molar-refractivity contribution in [3.63, 3.8) is 0 Å². The molecule has 1 aromatic carbocycles. The molecule has 9 nitrogen and oxygen atoms in total. The Morgan fingerprint density at radius 1 is 1.43 bits per heavy atom. The first-order valence-corrected chi connectivity index (χ1v) is 9.58. The third-order valence-electron chi connectivity index (χ3n) is 5.45. The van der Waals surface area contributed by atoms with Gasteiger partial charge in [-0.2, -0.15) is 10.4 Å². The number of halogens is 1. The lowest BCUT2D eigenvalue weighted by Crippen LogP contribution is -2.45. The van der Waals surface area contributed by atoms with E-state index in [-0.39, 0.29) is 35.8 Å². The normalized spacial score (nSPS) is 19.7. The highest BCUT2D eigenvalue weighted by Gasteiger charge is 2.34. The molecule has 1 aliphatic rings. The third-order valence-corrected chi connectivity index (χ3v) is 5.45. The minimum Gasteiger partial charge on any atom is -0.465 e. The average molecular weight is 414 g/mol. The van der Waals surface area contributed by atoms with Crippen LogP contribution in [0.25, 0.3) is 0 Å². The summed E-state index contributed by atoms with van der Waals surface area (Å²) in [6.07, 6.45) is 1.85. The number of rotatable bonds is 6. The Labute approximate surface area is 172 Å². The fourth-order valence-corrected chi connectivity index (χ4v) is 3.92. The molecule has 1 fully saturated rings. The Balaban J connectivity index is 1.88. The van der Waals surface area contributed by atoms with Crippen molar-refractivity contribution >= 4 is 23.5 Å². The van der Waals surface area contributed by atoms with E-state index >= 15 is 0 Å². The smallest absolute Gasteiger partial charge is 0.407 e. The molecule has 2 amide bonds. The van der Waals surface area contributed by atoms with Gasteiger partial charge in [0.2, 0.25) is 0 Å². The van der Waals surface area contributed by atoms with Crippen LogP contribution in [0.1, 0.15) is 42.6 Å². The van der Waals surface area contributed by atoms with Crippen molar-refractivity contribution in [1.82, 2.24) is 14.7 Å². The number of anilines is 2. The first-order chi connectivity index (χ1) is 14.3. The molecule has 0 bridgehead atoms. The SMILES string of the molecule is CC1CC(C(CC#N)n2cc(C(N)=O)c(Nc3ccc(F)cc3)n2)CCN1C(=O)O. The highest BCUT2D eigenvalue weighted by Crippen LogP contribution is 2.35. The van der Waals surface area contributed by atoms with Gasteiger partial charge in [0.25, 0.3) is 5.91 Å². The van der Waals surface area contributed by atoms with Crippen molar-refractivity contribution in [2.24, 2.45) is 11.7 Å². The molecule has 158 valence electrons. The molecule has 10 heteroatoms. The van der Waals surface area contributed by atoms with E-state index in [1.165, 1.54) is 35.4 Å². The summed E-state index contributed by atoms with van der Waals surface area (Å²) in [6, 6.07) is 7.20. The maximum atomic E-state index is 13.2. The van der Waals surface area contributed by atoms with E-state index in [4.69, 9.17) is 5.73 Å². The maximum absolute atomic E-state index is 13.2. The summed E-state index contributed by atoms with van der Waals surface area (Å²) < 4.78 is 14.7. The molecule has 0 saturated carbocycles. The number of hydrogen-bond acceptors (Lipinski definition) is 5. The van der Waals surface area contributed by atoms with Crippen LogP contribution >= 0.6 is 0 Å². The number of likely N-dealkylation sites (tertiary alicyclic amines) is 1. The summed E-state index contributed by atoms with van der Waals surface area (Å²) in [6.45, 7) is 2.21. The Hall–Kier alpha value is -3.61. The third kappa shape index (κ3) is 4.51. The molecular formula is C20H23FN6O3. The second-order valence-electron chi connectivity index (χ2n) is 7.41. The summed E-state index contributed by atoms with van der Waals surface area (Å²) >= 11 is 0. The molecule has 4 N–H and O–H groups in total. The summed E-state index contributed by atoms with van der Waals surface area (Å²) in [5, 5.41) is 26.0. The van der Waals surface area contributed by atoms with Crippen LogP contribution in [0.2, 0.25) is 0 Å². The number of piperidine rings is 1. The number of primary amides is 1. The van der Waals surface area contributed by atoms with Crippen molar-refractivity contribution < 1.29 is 19.1 Å². The van der Waals surface area contributed by atoms with Crippen LogP contribution in [-0.4, -0.2) is 44.4 Å². The summed E-state index contributed by atoms with van der Waals surface area (Å²) in [7, 11) is 0. The maximum Gasteiger partial charge on any atom is 0.407 e. The Bertz CT molecular complexity index is 968. The van der Waals surface area contributed by atoms with Gasteiger partial charge in [-0.1, -0.05) is 0 Å². The lowest BCUT2D eigenvalue weighted by Gasteiger charge is -2.38. The molecule has 3 atom stereocenters. The number of nitrogens with one attached hydrogen (secondary N) is 1. The molecule has 2 heterocycles. The molecule has 3 rings (SSSR count). The predicted octanol–water partition coefficient (Wildman–Crippen LogP) is 3.10. The molecule has 0 spiro atoms. The lowest BCUT2D eigenvalue weighted by molar-refractivity contribution is 0.0815. The Kier molecular flexibility index (Phi) is 6.20. The molecule has 2 aromatic rings. The highest BCUT2D eigenvalue weighted by atomic mass is 19.1. The van der Waals surface area contributed by atoms with E-state index in [2.05, 4.69) is 16.5 Å². The number of nitrogens with two attached hydrogens (primary N) is 1. The molecule has 3 unspecified atom stereocenters. The fourth-order valence-electron chi connectivity index (χ4n) is 3.92. The quantitative estimate of drug-likeness (QED) is 0.664. The van der Waals surface area contributed by atoms with Crippen molar-refractivity contribution in [3.05, 3.63) is 41.8 Å². The van der Waals surface area contributed by atoms with Gasteiger partial charge < -0.3 is 21.1 Å². The van der Waals surface area contributed by atoms with Crippen molar-refractivity contribution in [1.29, 1.82) is 5.26 Å². The number of nitriles is 1. The number of nitrogens with zero attached hydrogens (tertiary/aromatic N) is 4. The van der Waals surface area contributed by atoms with Crippen LogP contribution in [0.3, 0.4) is 0 Å². The largest absolute Gasteiger partial charge is 0.465 e. The zero-order valence-electron chi connectivity index (χ0n) is 16.5. The summed E-state index contributed by atoms with van der Waals surface area (Å²) in [5.41, 5.74) is 6.19. The van der Waals surface area contributed by atoms with Gasteiger partial charge in [-0.3, -0.25) is 9.48 Å². The molecule has 30 heavy (non-hydrogen) atoms. The molecule has 1 aliphatic heterocycles. The van der Waals surface area contributed by atoms with E-state index in [1.807, 2.05) is 6.92 Å². The molecule has 0 aliphatic carbocycles. The first kappa shape index (κ1) is 21.1. The predicted molar refractivity (Wildman–Crippen MR) is 107 cm³/mol. The number of benzene rings is 1. The summed E-state index contributed by atoms with van der Waals surface area (Å²) in [5.74, 6) is -0.852. The van der Waals surface area contributed by atoms with Crippen molar-refractivity contribution in [2.75, 3.05) is 11.9 Å². The van der Waals surface area contributed by atoms with Gasteiger partial charge in [0.1, 0.15) is 11.4 Å². The van der Waals surface area contributed by atoms with E-state index in [9.17, 15) is 24.3 Å². The zero-order chi connectivity index (χ0) is 21.8.